The minimum atomic E-state index is -0.463. The van der Waals surface area contributed by atoms with Crippen LogP contribution < -0.4 is 5.32 Å². The number of thioether (sulfide) groups is 1. The third-order valence-corrected chi connectivity index (χ3v) is 5.67. The van der Waals surface area contributed by atoms with Crippen molar-refractivity contribution in [2.24, 2.45) is 4.99 Å². The third kappa shape index (κ3) is 4.08. The molecule has 0 bridgehead atoms. The standard InChI is InChI=1S/C17H18N4O2S2/c1-10-4-5-12(11(2)8-10)19-14(22)9-13-15(23)21(3)17(25-13)20-16-18-6-7-24-16/h4-8,13H,9H2,1-3H3,(H,19,22)/t13-/m0/s1. The van der Waals surface area contributed by atoms with Crippen LogP contribution in [-0.2, 0) is 9.59 Å². The number of hydrogen-bond donors (Lipinski definition) is 1. The van der Waals surface area contributed by atoms with E-state index in [0.29, 0.717) is 10.3 Å². The Morgan fingerprint density at radius 1 is 1.40 bits per heavy atom. The Hall–Kier alpha value is -2.19. The number of carbonyl (C=O) groups is 2. The van der Waals surface area contributed by atoms with Crippen LogP contribution in [0.1, 0.15) is 17.5 Å². The van der Waals surface area contributed by atoms with Crippen molar-refractivity contribution < 1.29 is 9.59 Å². The van der Waals surface area contributed by atoms with Gasteiger partial charge in [0, 0.05) is 30.7 Å². The van der Waals surface area contributed by atoms with Gasteiger partial charge in [0.05, 0.1) is 0 Å². The molecule has 0 aliphatic carbocycles. The molecule has 1 aromatic heterocycles. The van der Waals surface area contributed by atoms with Gasteiger partial charge in [-0.15, -0.1) is 11.3 Å². The lowest BCUT2D eigenvalue weighted by Gasteiger charge is -2.11. The Morgan fingerprint density at radius 2 is 2.20 bits per heavy atom. The summed E-state index contributed by atoms with van der Waals surface area (Å²) in [6.45, 7) is 3.95. The fourth-order valence-corrected chi connectivity index (χ4v) is 4.17. The first-order valence-corrected chi connectivity index (χ1v) is 9.49. The second-order valence-corrected chi connectivity index (χ2v) is 7.83. The van der Waals surface area contributed by atoms with Crippen LogP contribution in [0.15, 0.2) is 34.8 Å². The zero-order chi connectivity index (χ0) is 18.0. The molecule has 25 heavy (non-hydrogen) atoms. The van der Waals surface area contributed by atoms with Crippen LogP contribution in [0.5, 0.6) is 0 Å². The van der Waals surface area contributed by atoms with Gasteiger partial charge >= 0.3 is 0 Å². The minimum absolute atomic E-state index is 0.109. The van der Waals surface area contributed by atoms with Crippen LogP contribution >= 0.6 is 23.1 Å². The summed E-state index contributed by atoms with van der Waals surface area (Å²) < 4.78 is 0. The Labute approximate surface area is 154 Å². The molecule has 130 valence electrons. The highest BCUT2D eigenvalue weighted by Crippen LogP contribution is 2.31. The molecule has 1 aliphatic heterocycles. The van der Waals surface area contributed by atoms with E-state index < -0.39 is 5.25 Å². The molecule has 1 N–H and O–H groups in total. The SMILES string of the molecule is Cc1ccc(NC(=O)C[C@@H]2SC(=Nc3nccs3)N(C)C2=O)c(C)c1. The van der Waals surface area contributed by atoms with Crippen LogP contribution in [-0.4, -0.2) is 39.2 Å². The number of aryl methyl sites for hydroxylation is 2. The largest absolute Gasteiger partial charge is 0.326 e. The number of aliphatic imine (C=N–C) groups is 1. The lowest BCUT2D eigenvalue weighted by Crippen LogP contribution is -2.30. The predicted octanol–water partition coefficient (Wildman–Crippen LogP) is 3.35. The average molecular weight is 374 g/mol. The average Bonchev–Trinajstić information content (AvgIpc) is 3.15. The molecule has 1 fully saturated rings. The molecule has 1 aliphatic rings. The summed E-state index contributed by atoms with van der Waals surface area (Å²) in [6.07, 6.45) is 1.78. The van der Waals surface area contributed by atoms with Crippen molar-refractivity contribution in [3.63, 3.8) is 0 Å². The van der Waals surface area contributed by atoms with Gasteiger partial charge in [-0.3, -0.25) is 14.5 Å². The lowest BCUT2D eigenvalue weighted by molar-refractivity contribution is -0.127. The van der Waals surface area contributed by atoms with E-state index in [1.54, 1.807) is 13.2 Å². The number of nitrogens with one attached hydrogen (secondary N) is 1. The topological polar surface area (TPSA) is 74.7 Å². The molecular weight excluding hydrogens is 356 g/mol. The monoisotopic (exact) mass is 374 g/mol. The van der Waals surface area contributed by atoms with Gasteiger partial charge in [-0.25, -0.2) is 4.98 Å². The first-order valence-electron chi connectivity index (χ1n) is 7.73. The quantitative estimate of drug-likeness (QED) is 0.890. The maximum Gasteiger partial charge on any atom is 0.242 e. The number of thiazole rings is 1. The molecule has 3 rings (SSSR count). The van der Waals surface area contributed by atoms with Crippen molar-refractivity contribution in [1.82, 2.24) is 9.88 Å². The number of amides is 2. The van der Waals surface area contributed by atoms with Gasteiger partial charge < -0.3 is 5.32 Å². The number of nitrogens with zero attached hydrogens (tertiary/aromatic N) is 3. The van der Waals surface area contributed by atoms with Crippen LogP contribution in [0.4, 0.5) is 10.8 Å². The Morgan fingerprint density at radius 3 is 2.88 bits per heavy atom. The molecule has 0 unspecified atom stereocenters. The highest BCUT2D eigenvalue weighted by molar-refractivity contribution is 8.15. The number of rotatable bonds is 4. The molecule has 8 heteroatoms. The van der Waals surface area contributed by atoms with Crippen molar-refractivity contribution in [2.75, 3.05) is 12.4 Å². The van der Waals surface area contributed by atoms with E-state index in [0.717, 1.165) is 16.8 Å². The first-order chi connectivity index (χ1) is 11.9. The van der Waals surface area contributed by atoms with Gasteiger partial charge in [0.2, 0.25) is 16.9 Å². The zero-order valence-corrected chi connectivity index (χ0v) is 15.8. The van der Waals surface area contributed by atoms with E-state index >= 15 is 0 Å². The number of amidine groups is 1. The van der Waals surface area contributed by atoms with Crippen LogP contribution in [0, 0.1) is 13.8 Å². The second-order valence-electron chi connectivity index (χ2n) is 5.78. The normalized spacial score (nSPS) is 18.8. The summed E-state index contributed by atoms with van der Waals surface area (Å²) in [5.41, 5.74) is 2.92. The molecule has 0 saturated carbocycles. The summed E-state index contributed by atoms with van der Waals surface area (Å²) in [4.78, 5) is 34.7. The Bertz CT molecular complexity index is 833. The summed E-state index contributed by atoms with van der Waals surface area (Å²) in [5, 5.41) is 5.43. The molecular formula is C17H18N4O2S2. The van der Waals surface area contributed by atoms with Gasteiger partial charge in [-0.05, 0) is 25.5 Å². The first kappa shape index (κ1) is 17.6. The van der Waals surface area contributed by atoms with Gasteiger partial charge in [-0.2, -0.15) is 4.99 Å². The molecule has 2 amide bonds. The summed E-state index contributed by atoms with van der Waals surface area (Å²) in [6, 6.07) is 5.84. The highest BCUT2D eigenvalue weighted by Gasteiger charge is 2.37. The summed E-state index contributed by atoms with van der Waals surface area (Å²) in [5.74, 6) is -0.294. The Balaban J connectivity index is 1.66. The molecule has 2 aromatic rings. The number of carbonyl (C=O) groups excluding carboxylic acids is 2. The number of anilines is 1. The summed E-state index contributed by atoms with van der Waals surface area (Å²) >= 11 is 2.71. The van der Waals surface area contributed by atoms with E-state index in [-0.39, 0.29) is 18.2 Å². The molecule has 6 nitrogen and oxygen atoms in total. The van der Waals surface area contributed by atoms with E-state index in [9.17, 15) is 9.59 Å². The minimum Gasteiger partial charge on any atom is -0.326 e. The van der Waals surface area contributed by atoms with E-state index in [1.807, 2.05) is 37.4 Å². The van der Waals surface area contributed by atoms with Gasteiger partial charge in [0.25, 0.3) is 0 Å². The van der Waals surface area contributed by atoms with Crippen molar-refractivity contribution in [2.45, 2.75) is 25.5 Å². The predicted molar refractivity (Wildman–Crippen MR) is 103 cm³/mol. The molecule has 1 atom stereocenters. The molecule has 1 aromatic carbocycles. The van der Waals surface area contributed by atoms with E-state index in [1.165, 1.54) is 28.0 Å². The number of benzene rings is 1. The fraction of sp³-hybridized carbons (Fsp3) is 0.294. The van der Waals surface area contributed by atoms with Crippen molar-refractivity contribution in [1.29, 1.82) is 0 Å². The van der Waals surface area contributed by atoms with Gasteiger partial charge in [0.15, 0.2) is 5.17 Å². The highest BCUT2D eigenvalue weighted by atomic mass is 32.2. The van der Waals surface area contributed by atoms with Crippen molar-refractivity contribution in [3.05, 3.63) is 40.9 Å². The van der Waals surface area contributed by atoms with E-state index in [2.05, 4.69) is 15.3 Å². The molecule has 0 radical (unpaired) electrons. The van der Waals surface area contributed by atoms with Crippen molar-refractivity contribution >= 4 is 50.9 Å². The smallest absolute Gasteiger partial charge is 0.242 e. The number of hydrogen-bond acceptors (Lipinski definition) is 6. The van der Waals surface area contributed by atoms with Gasteiger partial charge in [-0.1, -0.05) is 29.5 Å². The fourth-order valence-electron chi connectivity index (χ4n) is 2.47. The van der Waals surface area contributed by atoms with Crippen molar-refractivity contribution in [3.8, 4) is 0 Å². The van der Waals surface area contributed by atoms with E-state index in [4.69, 9.17) is 0 Å². The zero-order valence-electron chi connectivity index (χ0n) is 14.1. The van der Waals surface area contributed by atoms with Gasteiger partial charge in [0.1, 0.15) is 5.25 Å². The second kappa shape index (κ2) is 7.37. The van der Waals surface area contributed by atoms with Crippen LogP contribution in [0.2, 0.25) is 0 Å². The molecule has 0 spiro atoms. The summed E-state index contributed by atoms with van der Waals surface area (Å²) in [7, 11) is 1.67. The lowest BCUT2D eigenvalue weighted by atomic mass is 10.1. The van der Waals surface area contributed by atoms with Crippen LogP contribution in [0.25, 0.3) is 0 Å². The maximum atomic E-state index is 12.4. The number of aromatic nitrogens is 1. The molecule has 2 heterocycles. The van der Waals surface area contributed by atoms with Crippen LogP contribution in [0.3, 0.4) is 0 Å². The maximum absolute atomic E-state index is 12.4. The third-order valence-electron chi connectivity index (χ3n) is 3.78. The molecule has 1 saturated heterocycles. The Kier molecular flexibility index (Phi) is 5.19.